The van der Waals surface area contributed by atoms with Crippen molar-refractivity contribution in [2.45, 2.75) is 27.2 Å². The van der Waals surface area contributed by atoms with Gasteiger partial charge in [0.05, 0.1) is 10.4 Å². The van der Waals surface area contributed by atoms with Crippen LogP contribution in [0.4, 0.5) is 5.69 Å². The van der Waals surface area contributed by atoms with Gasteiger partial charge in [0, 0.05) is 10.6 Å². The fourth-order valence-electron chi connectivity index (χ4n) is 2.11. The minimum absolute atomic E-state index is 0.199. The summed E-state index contributed by atoms with van der Waals surface area (Å²) in [6.07, 6.45) is 0.900. The average Bonchev–Trinajstić information content (AvgIpc) is 2.82. The number of aryl methyl sites for hydroxylation is 3. The summed E-state index contributed by atoms with van der Waals surface area (Å²) >= 11 is 1.47. The summed E-state index contributed by atoms with van der Waals surface area (Å²) in [6.45, 7) is 5.77. The minimum Gasteiger partial charge on any atom is -0.478 e. The molecule has 0 saturated carbocycles. The molecule has 2 rings (SSSR count). The number of hydrogen-bond acceptors (Lipinski definition) is 3. The maximum atomic E-state index is 12.2. The maximum absolute atomic E-state index is 12.2. The topological polar surface area (TPSA) is 66.4 Å². The number of amides is 1. The normalized spacial score (nSPS) is 10.4. The first-order chi connectivity index (χ1) is 9.92. The number of carbonyl (C=O) groups excluding carboxylic acids is 1. The van der Waals surface area contributed by atoms with Crippen molar-refractivity contribution in [2.24, 2.45) is 0 Å². The van der Waals surface area contributed by atoms with Crippen LogP contribution in [0, 0.1) is 13.8 Å². The number of nitrogens with one attached hydrogen (secondary N) is 1. The Kier molecular flexibility index (Phi) is 4.43. The molecule has 0 saturated heterocycles. The molecule has 2 aromatic rings. The first-order valence-corrected chi connectivity index (χ1v) is 7.48. The van der Waals surface area contributed by atoms with Crippen LogP contribution in [0.5, 0.6) is 0 Å². The number of carboxylic acid groups (broad SMARTS) is 1. The van der Waals surface area contributed by atoms with Gasteiger partial charge in [-0.05, 0) is 49.6 Å². The molecule has 0 radical (unpaired) electrons. The third kappa shape index (κ3) is 3.31. The number of thiophene rings is 1. The van der Waals surface area contributed by atoms with E-state index in [2.05, 4.69) is 12.2 Å². The Labute approximate surface area is 127 Å². The lowest BCUT2D eigenvalue weighted by Gasteiger charge is -2.06. The number of carbonyl (C=O) groups is 2. The largest absolute Gasteiger partial charge is 0.478 e. The number of hydrogen-bond donors (Lipinski definition) is 2. The van der Waals surface area contributed by atoms with E-state index in [9.17, 15) is 9.59 Å². The highest BCUT2D eigenvalue weighted by Gasteiger charge is 2.13. The zero-order valence-corrected chi connectivity index (χ0v) is 13.0. The molecule has 0 aliphatic carbocycles. The molecule has 21 heavy (non-hydrogen) atoms. The molecule has 4 nitrogen and oxygen atoms in total. The van der Waals surface area contributed by atoms with Crippen LogP contribution in [-0.2, 0) is 6.42 Å². The maximum Gasteiger partial charge on any atom is 0.336 e. The molecule has 0 fully saturated rings. The van der Waals surface area contributed by atoms with Crippen molar-refractivity contribution < 1.29 is 14.7 Å². The first-order valence-electron chi connectivity index (χ1n) is 6.67. The van der Waals surface area contributed by atoms with E-state index in [1.807, 2.05) is 13.0 Å². The number of rotatable bonds is 4. The zero-order valence-electron chi connectivity index (χ0n) is 12.2. The van der Waals surface area contributed by atoms with Gasteiger partial charge in [0.1, 0.15) is 0 Å². The molecule has 5 heteroatoms. The van der Waals surface area contributed by atoms with Crippen LogP contribution < -0.4 is 5.32 Å². The number of benzene rings is 1. The van der Waals surface area contributed by atoms with Crippen molar-refractivity contribution in [3.05, 3.63) is 50.7 Å². The molecule has 0 atom stereocenters. The summed E-state index contributed by atoms with van der Waals surface area (Å²) < 4.78 is 0. The second kappa shape index (κ2) is 6.10. The Balaban J connectivity index is 2.23. The van der Waals surface area contributed by atoms with Crippen LogP contribution in [0.3, 0.4) is 0 Å². The van der Waals surface area contributed by atoms with Crippen molar-refractivity contribution in [3.63, 3.8) is 0 Å². The van der Waals surface area contributed by atoms with Crippen molar-refractivity contribution in [1.29, 1.82) is 0 Å². The third-order valence-electron chi connectivity index (χ3n) is 3.29. The van der Waals surface area contributed by atoms with Crippen molar-refractivity contribution >= 4 is 28.9 Å². The van der Waals surface area contributed by atoms with Crippen LogP contribution in [0.15, 0.2) is 24.3 Å². The molecular formula is C16H17NO3S. The van der Waals surface area contributed by atoms with E-state index in [-0.39, 0.29) is 11.5 Å². The average molecular weight is 303 g/mol. The lowest BCUT2D eigenvalue weighted by atomic mass is 10.1. The first kappa shape index (κ1) is 15.3. The molecular weight excluding hydrogens is 286 g/mol. The molecule has 0 spiro atoms. The predicted molar refractivity (Wildman–Crippen MR) is 84.5 cm³/mol. The lowest BCUT2D eigenvalue weighted by molar-refractivity contribution is 0.0695. The summed E-state index contributed by atoms with van der Waals surface area (Å²) in [4.78, 5) is 25.2. The molecule has 110 valence electrons. The SMILES string of the molecule is CCc1sc(C(=O)Nc2ccc(C)c(C(=O)O)c2)cc1C. The van der Waals surface area contributed by atoms with Crippen LogP contribution in [-0.4, -0.2) is 17.0 Å². The van der Waals surface area contributed by atoms with Crippen LogP contribution in [0.2, 0.25) is 0 Å². The molecule has 0 aliphatic heterocycles. The summed E-state index contributed by atoms with van der Waals surface area (Å²) in [6, 6.07) is 6.75. The molecule has 0 bridgehead atoms. The Morgan fingerprint density at radius 2 is 1.90 bits per heavy atom. The van der Waals surface area contributed by atoms with Gasteiger partial charge in [-0.2, -0.15) is 0 Å². The quantitative estimate of drug-likeness (QED) is 0.900. The molecule has 1 aromatic carbocycles. The monoisotopic (exact) mass is 303 g/mol. The summed E-state index contributed by atoms with van der Waals surface area (Å²) in [5.41, 5.74) is 2.47. The van der Waals surface area contributed by atoms with E-state index in [1.165, 1.54) is 22.3 Å². The smallest absolute Gasteiger partial charge is 0.336 e. The number of anilines is 1. The highest BCUT2D eigenvalue weighted by molar-refractivity contribution is 7.14. The van der Waals surface area contributed by atoms with Gasteiger partial charge >= 0.3 is 5.97 Å². The van der Waals surface area contributed by atoms with E-state index in [0.717, 1.165) is 12.0 Å². The second-order valence-electron chi connectivity index (χ2n) is 4.86. The highest BCUT2D eigenvalue weighted by atomic mass is 32.1. The Bertz CT molecular complexity index is 704. The minimum atomic E-state index is -0.996. The highest BCUT2D eigenvalue weighted by Crippen LogP contribution is 2.24. The fourth-order valence-corrected chi connectivity index (χ4v) is 3.11. The van der Waals surface area contributed by atoms with E-state index in [0.29, 0.717) is 16.1 Å². The van der Waals surface area contributed by atoms with Gasteiger partial charge in [0.2, 0.25) is 0 Å². The summed E-state index contributed by atoms with van der Waals surface area (Å²) in [5.74, 6) is -1.20. The van der Waals surface area contributed by atoms with E-state index in [1.54, 1.807) is 19.1 Å². The number of carboxylic acids is 1. The lowest BCUT2D eigenvalue weighted by Crippen LogP contribution is -2.11. The van der Waals surface area contributed by atoms with Crippen molar-refractivity contribution in [2.75, 3.05) is 5.32 Å². The molecule has 0 aliphatic rings. The Hall–Kier alpha value is -2.14. The van der Waals surface area contributed by atoms with Gasteiger partial charge in [-0.25, -0.2) is 4.79 Å². The van der Waals surface area contributed by atoms with Gasteiger partial charge in [-0.15, -0.1) is 11.3 Å². The standard InChI is InChI=1S/C16H17NO3S/c1-4-13-10(3)7-14(21-13)15(18)17-11-6-5-9(2)12(8-11)16(19)20/h5-8H,4H2,1-3H3,(H,17,18)(H,19,20). The van der Waals surface area contributed by atoms with Crippen LogP contribution >= 0.6 is 11.3 Å². The van der Waals surface area contributed by atoms with Gasteiger partial charge in [0.15, 0.2) is 0 Å². The van der Waals surface area contributed by atoms with Gasteiger partial charge in [-0.3, -0.25) is 4.79 Å². The van der Waals surface area contributed by atoms with Crippen LogP contribution in [0.1, 0.15) is 43.0 Å². The number of aromatic carboxylic acids is 1. The van der Waals surface area contributed by atoms with Crippen molar-refractivity contribution in [1.82, 2.24) is 0 Å². The van der Waals surface area contributed by atoms with Gasteiger partial charge < -0.3 is 10.4 Å². The van der Waals surface area contributed by atoms with Gasteiger partial charge in [-0.1, -0.05) is 13.0 Å². The zero-order chi connectivity index (χ0) is 15.6. The Morgan fingerprint density at radius 3 is 2.48 bits per heavy atom. The Morgan fingerprint density at radius 1 is 1.19 bits per heavy atom. The molecule has 1 amide bonds. The van der Waals surface area contributed by atoms with Crippen LogP contribution in [0.25, 0.3) is 0 Å². The summed E-state index contributed by atoms with van der Waals surface area (Å²) in [5, 5.41) is 11.9. The fraction of sp³-hybridized carbons (Fsp3) is 0.250. The molecule has 1 aromatic heterocycles. The van der Waals surface area contributed by atoms with E-state index in [4.69, 9.17) is 5.11 Å². The molecule has 2 N–H and O–H groups in total. The van der Waals surface area contributed by atoms with E-state index < -0.39 is 5.97 Å². The van der Waals surface area contributed by atoms with Crippen molar-refractivity contribution in [3.8, 4) is 0 Å². The second-order valence-corrected chi connectivity index (χ2v) is 6.00. The third-order valence-corrected chi connectivity index (χ3v) is 4.67. The molecule has 0 unspecified atom stereocenters. The summed E-state index contributed by atoms with van der Waals surface area (Å²) in [7, 11) is 0. The van der Waals surface area contributed by atoms with E-state index >= 15 is 0 Å². The van der Waals surface area contributed by atoms with Gasteiger partial charge in [0.25, 0.3) is 5.91 Å². The predicted octanol–water partition coefficient (Wildman–Crippen LogP) is 3.88. The molecule has 1 heterocycles.